The van der Waals surface area contributed by atoms with Gasteiger partial charge in [-0.3, -0.25) is 4.79 Å². The number of nitrogens with two attached hydrogens (primary N) is 1. The molecule has 1 unspecified atom stereocenters. The molecule has 2 N–H and O–H groups in total. The van der Waals surface area contributed by atoms with Crippen LogP contribution in [0.1, 0.15) is 25.1 Å². The van der Waals surface area contributed by atoms with Crippen molar-refractivity contribution in [2.24, 2.45) is 11.1 Å². The second-order valence-electron chi connectivity index (χ2n) is 5.44. The molecule has 4 heteroatoms. The highest BCUT2D eigenvalue weighted by Crippen LogP contribution is 2.29. The summed E-state index contributed by atoms with van der Waals surface area (Å²) in [4.78, 5) is 15.1. The summed E-state index contributed by atoms with van der Waals surface area (Å²) in [5.41, 5.74) is 6.28. The molecular weight excluding hydrogens is 232 g/mol. The van der Waals surface area contributed by atoms with Gasteiger partial charge in [0, 0.05) is 24.0 Å². The number of nitrogens with zero attached hydrogens (tertiary/aromatic N) is 1. The van der Waals surface area contributed by atoms with Crippen LogP contribution >= 0.6 is 11.3 Å². The number of hydrogen-bond donors (Lipinski definition) is 1. The van der Waals surface area contributed by atoms with Crippen LogP contribution in [0.4, 0.5) is 0 Å². The number of carbonyl (C=O) groups excluding carboxylic acids is 1. The minimum atomic E-state index is 0.0866. The Morgan fingerprint density at radius 2 is 2.41 bits per heavy atom. The van der Waals surface area contributed by atoms with Gasteiger partial charge in [-0.15, -0.1) is 11.3 Å². The van der Waals surface area contributed by atoms with Crippen molar-refractivity contribution in [2.45, 2.75) is 32.7 Å². The van der Waals surface area contributed by atoms with Crippen LogP contribution in [0.5, 0.6) is 0 Å². The minimum Gasteiger partial charge on any atom is -0.341 e. The van der Waals surface area contributed by atoms with Crippen molar-refractivity contribution in [3.8, 4) is 0 Å². The summed E-state index contributed by atoms with van der Waals surface area (Å²) in [5.74, 6) is 0.207. The molecule has 2 rings (SSSR count). The third-order valence-electron chi connectivity index (χ3n) is 3.71. The van der Waals surface area contributed by atoms with Crippen LogP contribution < -0.4 is 5.73 Å². The molecule has 0 saturated carbocycles. The Morgan fingerprint density at radius 3 is 3.00 bits per heavy atom. The molecule has 1 aliphatic heterocycles. The first-order valence-corrected chi connectivity index (χ1v) is 6.93. The summed E-state index contributed by atoms with van der Waals surface area (Å²) < 4.78 is 0. The zero-order valence-corrected chi connectivity index (χ0v) is 11.3. The van der Waals surface area contributed by atoms with Crippen molar-refractivity contribution in [1.82, 2.24) is 4.90 Å². The lowest BCUT2D eigenvalue weighted by Gasteiger charge is -2.42. The summed E-state index contributed by atoms with van der Waals surface area (Å²) in [6.07, 6.45) is 1.51. The molecule has 3 nitrogen and oxygen atoms in total. The zero-order chi connectivity index (χ0) is 12.5. The summed E-state index contributed by atoms with van der Waals surface area (Å²) in [7, 11) is 0. The third kappa shape index (κ3) is 2.87. The van der Waals surface area contributed by atoms with E-state index in [-0.39, 0.29) is 17.4 Å². The number of hydrogen-bond acceptors (Lipinski definition) is 3. The fourth-order valence-corrected chi connectivity index (χ4v) is 2.78. The quantitative estimate of drug-likeness (QED) is 0.873. The van der Waals surface area contributed by atoms with Crippen molar-refractivity contribution in [3.05, 3.63) is 22.4 Å². The number of thiophene rings is 1. The van der Waals surface area contributed by atoms with Crippen LogP contribution in [-0.2, 0) is 11.2 Å². The molecule has 0 aliphatic carbocycles. The highest BCUT2D eigenvalue weighted by Gasteiger charge is 2.34. The molecule has 17 heavy (non-hydrogen) atoms. The fraction of sp³-hybridized carbons (Fsp3) is 0.615. The molecule has 1 aliphatic rings. The van der Waals surface area contributed by atoms with E-state index in [0.29, 0.717) is 13.0 Å². The van der Waals surface area contributed by atoms with Crippen LogP contribution in [0.25, 0.3) is 0 Å². The molecule has 94 valence electrons. The van der Waals surface area contributed by atoms with Crippen molar-refractivity contribution in [3.63, 3.8) is 0 Å². The Hall–Kier alpha value is -0.870. The van der Waals surface area contributed by atoms with Gasteiger partial charge in [-0.05, 0) is 23.3 Å². The first-order chi connectivity index (χ1) is 7.99. The van der Waals surface area contributed by atoms with E-state index in [4.69, 9.17) is 5.73 Å². The molecule has 2 heterocycles. The SMILES string of the molecule is CC1(C)CCN(C(=O)Cc2cccs2)CC1N. The maximum absolute atomic E-state index is 12.1. The summed E-state index contributed by atoms with van der Waals surface area (Å²) in [6.45, 7) is 5.89. The topological polar surface area (TPSA) is 46.3 Å². The van der Waals surface area contributed by atoms with Crippen molar-refractivity contribution in [2.75, 3.05) is 13.1 Å². The highest BCUT2D eigenvalue weighted by molar-refractivity contribution is 7.10. The second-order valence-corrected chi connectivity index (χ2v) is 6.47. The van der Waals surface area contributed by atoms with Gasteiger partial charge in [0.25, 0.3) is 0 Å². The fourth-order valence-electron chi connectivity index (χ4n) is 2.08. The average Bonchev–Trinajstić information content (AvgIpc) is 2.74. The molecule has 1 aromatic heterocycles. The van der Waals surface area contributed by atoms with Crippen LogP contribution in [0.15, 0.2) is 17.5 Å². The lowest BCUT2D eigenvalue weighted by Crippen LogP contribution is -2.54. The van der Waals surface area contributed by atoms with Gasteiger partial charge >= 0.3 is 0 Å². The van der Waals surface area contributed by atoms with Gasteiger partial charge < -0.3 is 10.6 Å². The molecule has 0 aromatic carbocycles. The van der Waals surface area contributed by atoms with Crippen molar-refractivity contribution in [1.29, 1.82) is 0 Å². The summed E-state index contributed by atoms with van der Waals surface area (Å²) in [5, 5.41) is 2.01. The van der Waals surface area contributed by atoms with E-state index in [9.17, 15) is 4.79 Å². The Bertz CT molecular complexity index is 386. The standard InChI is InChI=1S/C13H20N2OS/c1-13(2)5-6-15(9-11(13)14)12(16)8-10-4-3-7-17-10/h3-4,7,11H,5-6,8-9,14H2,1-2H3. The second kappa shape index (κ2) is 4.78. The molecule has 1 saturated heterocycles. The number of piperidine rings is 1. The van der Waals surface area contributed by atoms with Crippen molar-refractivity contribution < 1.29 is 4.79 Å². The molecule has 1 atom stereocenters. The maximum atomic E-state index is 12.1. The highest BCUT2D eigenvalue weighted by atomic mass is 32.1. The van der Waals surface area contributed by atoms with Gasteiger partial charge in [-0.1, -0.05) is 19.9 Å². The predicted molar refractivity (Wildman–Crippen MR) is 71.0 cm³/mol. The normalized spacial score (nSPS) is 23.7. The van der Waals surface area contributed by atoms with E-state index in [0.717, 1.165) is 17.8 Å². The zero-order valence-electron chi connectivity index (χ0n) is 10.5. The van der Waals surface area contributed by atoms with E-state index < -0.39 is 0 Å². The number of rotatable bonds is 2. The van der Waals surface area contributed by atoms with Gasteiger partial charge in [0.1, 0.15) is 0 Å². The van der Waals surface area contributed by atoms with Gasteiger partial charge in [-0.2, -0.15) is 0 Å². The Morgan fingerprint density at radius 1 is 1.65 bits per heavy atom. The lowest BCUT2D eigenvalue weighted by molar-refractivity contribution is -0.132. The molecule has 0 bridgehead atoms. The van der Waals surface area contributed by atoms with Crippen LogP contribution in [0.3, 0.4) is 0 Å². The van der Waals surface area contributed by atoms with Gasteiger partial charge in [0.15, 0.2) is 0 Å². The third-order valence-corrected chi connectivity index (χ3v) is 4.58. The summed E-state index contributed by atoms with van der Waals surface area (Å²) in [6, 6.07) is 4.08. The van der Waals surface area contributed by atoms with Gasteiger partial charge in [0.05, 0.1) is 6.42 Å². The van der Waals surface area contributed by atoms with E-state index >= 15 is 0 Å². The Balaban J connectivity index is 1.93. The largest absolute Gasteiger partial charge is 0.341 e. The number of likely N-dealkylation sites (tertiary alicyclic amines) is 1. The maximum Gasteiger partial charge on any atom is 0.227 e. The number of amides is 1. The smallest absolute Gasteiger partial charge is 0.227 e. The Labute approximate surface area is 107 Å². The van der Waals surface area contributed by atoms with E-state index in [1.54, 1.807) is 11.3 Å². The van der Waals surface area contributed by atoms with Gasteiger partial charge in [0.2, 0.25) is 5.91 Å². The average molecular weight is 252 g/mol. The monoisotopic (exact) mass is 252 g/mol. The Kier molecular flexibility index (Phi) is 3.54. The molecule has 0 radical (unpaired) electrons. The van der Waals surface area contributed by atoms with E-state index in [1.807, 2.05) is 22.4 Å². The summed E-state index contributed by atoms with van der Waals surface area (Å²) >= 11 is 1.64. The van der Waals surface area contributed by atoms with E-state index in [2.05, 4.69) is 13.8 Å². The van der Waals surface area contributed by atoms with E-state index in [1.165, 1.54) is 0 Å². The number of carbonyl (C=O) groups is 1. The van der Waals surface area contributed by atoms with Crippen LogP contribution in [-0.4, -0.2) is 29.9 Å². The van der Waals surface area contributed by atoms with Gasteiger partial charge in [-0.25, -0.2) is 0 Å². The molecular formula is C13H20N2OS. The first kappa shape index (κ1) is 12.6. The minimum absolute atomic E-state index is 0.0866. The molecule has 0 spiro atoms. The van der Waals surface area contributed by atoms with Crippen LogP contribution in [0.2, 0.25) is 0 Å². The molecule has 1 aromatic rings. The first-order valence-electron chi connectivity index (χ1n) is 6.05. The molecule has 1 fully saturated rings. The molecule has 1 amide bonds. The van der Waals surface area contributed by atoms with Crippen LogP contribution in [0, 0.1) is 5.41 Å². The van der Waals surface area contributed by atoms with Crippen molar-refractivity contribution >= 4 is 17.2 Å². The lowest BCUT2D eigenvalue weighted by atomic mass is 9.78. The predicted octanol–water partition coefficient (Wildman–Crippen LogP) is 1.88.